The summed E-state index contributed by atoms with van der Waals surface area (Å²) >= 11 is 0. The van der Waals surface area contributed by atoms with E-state index in [1.54, 1.807) is 0 Å². The van der Waals surface area contributed by atoms with Crippen LogP contribution in [0.4, 0.5) is 0 Å². The second-order valence-electron chi connectivity index (χ2n) is 12.5. The van der Waals surface area contributed by atoms with Crippen LogP contribution in [0.1, 0.15) is 115 Å². The van der Waals surface area contributed by atoms with Crippen LogP contribution >= 0.6 is 7.82 Å². The van der Waals surface area contributed by atoms with Gasteiger partial charge in [-0.1, -0.05) is 103 Å². The number of phosphoric ester groups is 1. The van der Waals surface area contributed by atoms with Crippen molar-refractivity contribution >= 4 is 7.82 Å². The number of ether oxygens (including phenoxy) is 7. The van der Waals surface area contributed by atoms with Crippen LogP contribution in [0.25, 0.3) is 0 Å². The normalized spacial score (nSPS) is 11.8. The highest BCUT2D eigenvalue weighted by Crippen LogP contribution is 2.35. The van der Waals surface area contributed by atoms with Crippen LogP contribution in [0.5, 0.6) is 5.75 Å². The molecule has 0 heterocycles. The minimum absolute atomic E-state index is 0.0864. The Morgan fingerprint density at radius 2 is 0.860 bits per heavy atom. The molecule has 0 radical (unpaired) electrons. The van der Waals surface area contributed by atoms with Crippen molar-refractivity contribution in [2.45, 2.75) is 117 Å². The number of hydrogen-bond acceptors (Lipinski definition) is 9. The zero-order valence-corrected chi connectivity index (χ0v) is 32.4. The number of aryl methyl sites for hydroxylation is 1. The molecule has 2 N–H and O–H groups in total. The zero-order valence-electron chi connectivity index (χ0n) is 31.5. The third-order valence-electron chi connectivity index (χ3n) is 8.14. The molecule has 0 saturated carbocycles. The van der Waals surface area contributed by atoms with Crippen LogP contribution in [0.3, 0.4) is 0 Å². The molecule has 1 rings (SSSR count). The number of phosphoric acid groups is 1. The summed E-state index contributed by atoms with van der Waals surface area (Å²) < 4.78 is 53.9. The van der Waals surface area contributed by atoms with Gasteiger partial charge in [-0.05, 0) is 42.9 Å². The molecule has 0 atom stereocenters. The highest BCUT2D eigenvalue weighted by Gasteiger charge is 2.13. The van der Waals surface area contributed by atoms with E-state index in [1.165, 1.54) is 101 Å². The minimum Gasteiger partial charge on any atom is -0.491 e. The third kappa shape index (κ3) is 30.5. The van der Waals surface area contributed by atoms with Crippen molar-refractivity contribution in [1.82, 2.24) is 0 Å². The lowest BCUT2D eigenvalue weighted by Gasteiger charge is -2.16. The first-order valence-corrected chi connectivity index (χ1v) is 20.9. The highest BCUT2D eigenvalue weighted by atomic mass is 31.2. The van der Waals surface area contributed by atoms with Gasteiger partial charge in [0.15, 0.2) is 0 Å². The van der Waals surface area contributed by atoms with Gasteiger partial charge in [0, 0.05) is 0 Å². The van der Waals surface area contributed by atoms with E-state index in [-0.39, 0.29) is 13.2 Å². The predicted octanol–water partition coefficient (Wildman–Crippen LogP) is 7.86. The molecular formula is C38H71O11P. The summed E-state index contributed by atoms with van der Waals surface area (Å²) in [5.74, 6) is 1.03. The molecule has 0 aliphatic rings. The van der Waals surface area contributed by atoms with Crippen LogP contribution < -0.4 is 4.74 Å². The first-order chi connectivity index (χ1) is 24.5. The van der Waals surface area contributed by atoms with Gasteiger partial charge in [-0.25, -0.2) is 4.57 Å². The second-order valence-corrected chi connectivity index (χ2v) is 13.7. The van der Waals surface area contributed by atoms with Gasteiger partial charge in [0.2, 0.25) is 0 Å². The summed E-state index contributed by atoms with van der Waals surface area (Å²) in [6, 6.07) is 6.59. The van der Waals surface area contributed by atoms with Crippen LogP contribution in [0, 0.1) is 0 Å². The van der Waals surface area contributed by atoms with Crippen molar-refractivity contribution in [3.8, 4) is 5.75 Å². The van der Waals surface area contributed by atoms with E-state index in [4.69, 9.17) is 42.9 Å². The van der Waals surface area contributed by atoms with Crippen molar-refractivity contribution in [3.63, 3.8) is 0 Å². The average molecular weight is 735 g/mol. The molecule has 0 amide bonds. The molecular weight excluding hydrogens is 663 g/mol. The van der Waals surface area contributed by atoms with E-state index in [9.17, 15) is 4.57 Å². The molecule has 1 aromatic carbocycles. The minimum atomic E-state index is -4.44. The SMILES string of the molecule is CCCCCCCCCc1cccc(OCCOCCOCCOCCOCCOCCOCCOP(=O)(O)O)c1CCCCCCCCC. The van der Waals surface area contributed by atoms with Crippen LogP contribution in [0.2, 0.25) is 0 Å². The lowest BCUT2D eigenvalue weighted by atomic mass is 9.95. The fraction of sp³-hybridized carbons (Fsp3) is 0.842. The van der Waals surface area contributed by atoms with Crippen LogP contribution in [-0.4, -0.2) is 102 Å². The largest absolute Gasteiger partial charge is 0.491 e. The Labute approximate surface area is 303 Å². The first-order valence-electron chi connectivity index (χ1n) is 19.4. The molecule has 294 valence electrons. The van der Waals surface area contributed by atoms with E-state index in [0.717, 1.165) is 18.6 Å². The summed E-state index contributed by atoms with van der Waals surface area (Å²) in [7, 11) is -4.44. The predicted molar refractivity (Wildman–Crippen MR) is 198 cm³/mol. The molecule has 0 unspecified atom stereocenters. The van der Waals surface area contributed by atoms with Crippen LogP contribution in [-0.2, 0) is 50.4 Å². The van der Waals surface area contributed by atoms with Crippen molar-refractivity contribution in [3.05, 3.63) is 29.3 Å². The molecule has 1 aromatic rings. The van der Waals surface area contributed by atoms with Gasteiger partial charge in [0.05, 0.1) is 85.9 Å². The second kappa shape index (κ2) is 34.9. The van der Waals surface area contributed by atoms with E-state index in [0.29, 0.717) is 79.3 Å². The Morgan fingerprint density at radius 3 is 1.30 bits per heavy atom. The van der Waals surface area contributed by atoms with Gasteiger partial charge in [-0.15, -0.1) is 0 Å². The van der Waals surface area contributed by atoms with Gasteiger partial charge >= 0.3 is 7.82 Å². The van der Waals surface area contributed by atoms with Gasteiger partial charge < -0.3 is 42.9 Å². The standard InChI is InChI=1S/C38H71O11P/c1-3-5-7-9-11-13-15-18-36-19-17-21-38(37(36)20-16-14-12-10-8-6-4-2)48-34-32-46-30-28-44-26-24-42-22-23-43-25-27-45-29-31-47-33-35-49-50(39,40)41/h17,19,21H,3-16,18,20,22-35H2,1-2H3,(H2,39,40,41). The number of unbranched alkanes of at least 4 members (excludes halogenated alkanes) is 12. The molecule has 11 nitrogen and oxygen atoms in total. The van der Waals surface area contributed by atoms with E-state index < -0.39 is 7.82 Å². The van der Waals surface area contributed by atoms with Crippen molar-refractivity contribution in [2.24, 2.45) is 0 Å². The maximum atomic E-state index is 10.5. The van der Waals surface area contributed by atoms with Gasteiger partial charge in [-0.3, -0.25) is 4.52 Å². The van der Waals surface area contributed by atoms with Crippen molar-refractivity contribution in [2.75, 3.05) is 92.5 Å². The maximum Gasteiger partial charge on any atom is 0.469 e. The topological polar surface area (TPSA) is 131 Å². The molecule has 50 heavy (non-hydrogen) atoms. The third-order valence-corrected chi connectivity index (χ3v) is 8.66. The molecule has 0 aliphatic carbocycles. The number of hydrogen-bond donors (Lipinski definition) is 2. The smallest absolute Gasteiger partial charge is 0.469 e. The van der Waals surface area contributed by atoms with Gasteiger partial charge in [-0.2, -0.15) is 0 Å². The monoisotopic (exact) mass is 734 g/mol. The molecule has 0 fully saturated rings. The molecule has 0 aromatic heterocycles. The van der Waals surface area contributed by atoms with Crippen molar-refractivity contribution < 1.29 is 52.0 Å². The Morgan fingerprint density at radius 1 is 0.480 bits per heavy atom. The van der Waals surface area contributed by atoms with E-state index in [2.05, 4.69) is 36.6 Å². The Hall–Kier alpha value is -1.11. The Bertz CT molecular complexity index is 915. The fourth-order valence-electron chi connectivity index (χ4n) is 5.42. The zero-order chi connectivity index (χ0) is 36.2. The van der Waals surface area contributed by atoms with Crippen molar-refractivity contribution in [1.29, 1.82) is 0 Å². The lowest BCUT2D eigenvalue weighted by molar-refractivity contribution is -0.0190. The first kappa shape index (κ1) is 46.9. The number of benzene rings is 1. The lowest BCUT2D eigenvalue weighted by Crippen LogP contribution is -2.15. The summed E-state index contributed by atoms with van der Waals surface area (Å²) in [6.07, 6.45) is 20.7. The van der Waals surface area contributed by atoms with Gasteiger partial charge in [0.25, 0.3) is 0 Å². The van der Waals surface area contributed by atoms with Gasteiger partial charge in [0.1, 0.15) is 12.4 Å². The molecule has 0 spiro atoms. The maximum absolute atomic E-state index is 10.5. The highest BCUT2D eigenvalue weighted by molar-refractivity contribution is 7.46. The summed E-state index contributed by atoms with van der Waals surface area (Å²) in [5, 5.41) is 0. The average Bonchev–Trinajstić information content (AvgIpc) is 3.09. The Kier molecular flexibility index (Phi) is 32.8. The Balaban J connectivity index is 2.11. The fourth-order valence-corrected chi connectivity index (χ4v) is 5.74. The molecule has 0 aliphatic heterocycles. The number of rotatable bonds is 39. The van der Waals surface area contributed by atoms with Crippen LogP contribution in [0.15, 0.2) is 18.2 Å². The molecule has 12 heteroatoms. The summed E-state index contributed by atoms with van der Waals surface area (Å²) in [4.78, 5) is 17.1. The summed E-state index contributed by atoms with van der Waals surface area (Å²) in [5.41, 5.74) is 2.87. The summed E-state index contributed by atoms with van der Waals surface area (Å²) in [6.45, 7) is 9.99. The molecule has 0 bridgehead atoms. The quantitative estimate of drug-likeness (QED) is 0.0506. The van der Waals surface area contributed by atoms with E-state index in [1.807, 2.05) is 0 Å². The molecule has 0 saturated heterocycles. The van der Waals surface area contributed by atoms with E-state index >= 15 is 0 Å².